The van der Waals surface area contributed by atoms with E-state index in [9.17, 15) is 19.1 Å². The third-order valence-electron chi connectivity index (χ3n) is 7.27. The average molecular weight is 566 g/mol. The van der Waals surface area contributed by atoms with Crippen molar-refractivity contribution < 1.29 is 23.4 Å². The first-order valence-electron chi connectivity index (χ1n) is 12.7. The van der Waals surface area contributed by atoms with Crippen molar-refractivity contribution in [2.75, 3.05) is 31.1 Å². The summed E-state index contributed by atoms with van der Waals surface area (Å²) in [4.78, 5) is 38.9. The Morgan fingerprint density at radius 3 is 2.80 bits per heavy atom. The highest BCUT2D eigenvalue weighted by Gasteiger charge is 2.38. The molecule has 3 aromatic heterocycles. The molecule has 2 aliphatic rings. The molecule has 1 N–H and O–H groups in total. The first-order valence-corrected chi connectivity index (χ1v) is 13.6. The fourth-order valence-corrected chi connectivity index (χ4v) is 6.33. The molecule has 9 nitrogen and oxygen atoms in total. The number of phenols is 1. The summed E-state index contributed by atoms with van der Waals surface area (Å²) in [6.45, 7) is 8.65. The number of phenolic OH excluding ortho intramolecular Hbond substituents is 1. The molecule has 1 aromatic carbocycles. The summed E-state index contributed by atoms with van der Waals surface area (Å²) in [5, 5.41) is 11.2. The summed E-state index contributed by atoms with van der Waals surface area (Å²) in [7, 11) is 0. The summed E-state index contributed by atoms with van der Waals surface area (Å²) in [5.41, 5.74) is 1.34. The van der Waals surface area contributed by atoms with Crippen LogP contribution in [0.1, 0.15) is 25.5 Å². The van der Waals surface area contributed by atoms with Crippen molar-refractivity contribution in [2.24, 2.45) is 0 Å². The lowest BCUT2D eigenvalue weighted by Crippen LogP contribution is -2.58. The molecule has 1 fully saturated rings. The van der Waals surface area contributed by atoms with Gasteiger partial charge in [-0.3, -0.25) is 9.59 Å². The fourth-order valence-electron chi connectivity index (χ4n) is 5.38. The minimum atomic E-state index is -0.878. The molecule has 40 heavy (non-hydrogen) atoms. The molecular weight excluding hydrogens is 540 g/mol. The molecule has 12 heteroatoms. The van der Waals surface area contributed by atoms with Gasteiger partial charge in [-0.2, -0.15) is 0 Å². The van der Waals surface area contributed by atoms with Crippen LogP contribution in [-0.4, -0.2) is 62.7 Å². The second kappa shape index (κ2) is 9.70. The normalized spacial score (nSPS) is 16.6. The molecule has 4 aromatic rings. The maximum Gasteiger partial charge on any atom is 0.302 e. The lowest BCUT2D eigenvalue weighted by Gasteiger charge is -2.45. The average Bonchev–Trinajstić information content (AvgIpc) is 3.42. The van der Waals surface area contributed by atoms with Crippen molar-refractivity contribution in [3.63, 3.8) is 0 Å². The smallest absolute Gasteiger partial charge is 0.302 e. The van der Waals surface area contributed by atoms with Crippen molar-refractivity contribution >= 4 is 34.0 Å². The second-order valence-corrected chi connectivity index (χ2v) is 10.8. The van der Waals surface area contributed by atoms with Crippen LogP contribution in [0.2, 0.25) is 0 Å². The van der Waals surface area contributed by atoms with Gasteiger partial charge in [0.25, 0.3) is 0 Å². The van der Waals surface area contributed by atoms with Crippen LogP contribution >= 0.6 is 11.3 Å². The largest absolute Gasteiger partial charge is 0.507 e. The summed E-state index contributed by atoms with van der Waals surface area (Å²) in [6, 6.07) is 4.55. The van der Waals surface area contributed by atoms with Crippen LogP contribution in [0.4, 0.5) is 14.5 Å². The Kier molecular flexibility index (Phi) is 6.29. The van der Waals surface area contributed by atoms with Crippen LogP contribution in [-0.2, 0) is 4.79 Å². The zero-order valence-corrected chi connectivity index (χ0v) is 22.5. The number of fused-ring (bicyclic) bond motifs is 5. The molecule has 1 saturated heterocycles. The predicted molar refractivity (Wildman–Crippen MR) is 148 cm³/mol. The quantitative estimate of drug-likeness (QED) is 0.370. The van der Waals surface area contributed by atoms with Gasteiger partial charge in [0.2, 0.25) is 11.7 Å². The number of carbonyl (C=O) groups excluding carboxylic acids is 1. The first-order chi connectivity index (χ1) is 19.2. The Labute approximate surface area is 231 Å². The van der Waals surface area contributed by atoms with Crippen molar-refractivity contribution in [3.05, 3.63) is 70.1 Å². The van der Waals surface area contributed by atoms with Crippen molar-refractivity contribution in [3.8, 4) is 27.8 Å². The topological polar surface area (TPSA) is 101 Å². The molecule has 2 aliphatic heterocycles. The van der Waals surface area contributed by atoms with Crippen molar-refractivity contribution in [1.82, 2.24) is 19.4 Å². The maximum absolute atomic E-state index is 15.8. The zero-order valence-electron chi connectivity index (χ0n) is 21.7. The molecule has 0 radical (unpaired) electrons. The first kappa shape index (κ1) is 25.9. The minimum Gasteiger partial charge on any atom is -0.507 e. The molecule has 0 bridgehead atoms. The number of benzene rings is 1. The number of hydrogen-bond acceptors (Lipinski definition) is 8. The molecule has 0 spiro atoms. The fraction of sp³-hybridized carbons (Fsp3) is 0.286. The summed E-state index contributed by atoms with van der Waals surface area (Å²) >= 11 is 1.22. The number of anilines is 1. The van der Waals surface area contributed by atoms with E-state index in [2.05, 4.69) is 16.5 Å². The van der Waals surface area contributed by atoms with Crippen LogP contribution in [0.5, 0.6) is 11.5 Å². The maximum atomic E-state index is 15.8. The molecule has 206 valence electrons. The van der Waals surface area contributed by atoms with E-state index in [1.54, 1.807) is 10.4 Å². The van der Waals surface area contributed by atoms with E-state index >= 15 is 4.39 Å². The number of rotatable bonds is 4. The summed E-state index contributed by atoms with van der Waals surface area (Å²) in [5.74, 6) is -2.43. The van der Waals surface area contributed by atoms with Crippen LogP contribution < -0.4 is 15.2 Å². The molecule has 6 rings (SSSR count). The van der Waals surface area contributed by atoms with E-state index in [1.807, 2.05) is 18.7 Å². The SMILES string of the molecule is C=CC(=O)N1CCN2c3c(c(=O)n(-c4scnc4C(C)C)c4nc(-c5c(O)cccc5F)c(F)cc34)OC[C@H]2C1. The van der Waals surface area contributed by atoms with E-state index in [-0.39, 0.29) is 41.3 Å². The van der Waals surface area contributed by atoms with Gasteiger partial charge in [0.1, 0.15) is 28.9 Å². The van der Waals surface area contributed by atoms with Gasteiger partial charge in [0.05, 0.1) is 28.5 Å². The number of halogens is 2. The molecule has 5 heterocycles. The number of aromatic nitrogens is 3. The van der Waals surface area contributed by atoms with Gasteiger partial charge in [-0.25, -0.2) is 23.3 Å². The Morgan fingerprint density at radius 1 is 1.27 bits per heavy atom. The van der Waals surface area contributed by atoms with Crippen molar-refractivity contribution in [2.45, 2.75) is 25.8 Å². The number of ether oxygens (including phenoxy) is 1. The highest BCUT2D eigenvalue weighted by Crippen LogP contribution is 2.42. The van der Waals surface area contributed by atoms with Gasteiger partial charge in [-0.1, -0.05) is 26.5 Å². The molecule has 0 unspecified atom stereocenters. The Hall–Kier alpha value is -4.32. The van der Waals surface area contributed by atoms with E-state index in [0.29, 0.717) is 36.0 Å². The Bertz CT molecular complexity index is 1730. The van der Waals surface area contributed by atoms with E-state index in [0.717, 1.165) is 6.07 Å². The molecular formula is C28H25F2N5O4S. The van der Waals surface area contributed by atoms with Crippen LogP contribution in [0, 0.1) is 11.6 Å². The van der Waals surface area contributed by atoms with Gasteiger partial charge in [-0.15, -0.1) is 11.3 Å². The Morgan fingerprint density at radius 2 is 2.08 bits per heavy atom. The number of pyridine rings is 2. The van der Waals surface area contributed by atoms with Crippen LogP contribution in [0.25, 0.3) is 27.3 Å². The monoisotopic (exact) mass is 565 g/mol. The molecule has 0 saturated carbocycles. The highest BCUT2D eigenvalue weighted by molar-refractivity contribution is 7.12. The molecule has 1 amide bonds. The second-order valence-electron chi connectivity index (χ2n) is 9.99. The number of nitrogens with zero attached hydrogens (tertiary/aromatic N) is 5. The summed E-state index contributed by atoms with van der Waals surface area (Å²) < 4.78 is 38.0. The number of amides is 1. The number of thiazole rings is 1. The van der Waals surface area contributed by atoms with Crippen molar-refractivity contribution in [1.29, 1.82) is 0 Å². The number of hydrogen-bond donors (Lipinski definition) is 1. The van der Waals surface area contributed by atoms with Gasteiger partial charge in [0.15, 0.2) is 11.5 Å². The van der Waals surface area contributed by atoms with Gasteiger partial charge in [0, 0.05) is 25.0 Å². The van der Waals surface area contributed by atoms with E-state index in [4.69, 9.17) is 4.74 Å². The third-order valence-corrected chi connectivity index (χ3v) is 8.09. The van der Waals surface area contributed by atoms with E-state index in [1.165, 1.54) is 40.2 Å². The van der Waals surface area contributed by atoms with Gasteiger partial charge < -0.3 is 19.6 Å². The minimum absolute atomic E-state index is 0.0399. The number of aromatic hydroxyl groups is 1. The summed E-state index contributed by atoms with van der Waals surface area (Å²) in [6.07, 6.45) is 1.25. The highest BCUT2D eigenvalue weighted by atomic mass is 32.1. The zero-order chi connectivity index (χ0) is 28.3. The van der Waals surface area contributed by atoms with Gasteiger partial charge >= 0.3 is 5.56 Å². The lowest BCUT2D eigenvalue weighted by atomic mass is 10.0. The van der Waals surface area contributed by atoms with E-state index < -0.39 is 34.2 Å². The van der Waals surface area contributed by atoms with Gasteiger partial charge in [-0.05, 0) is 30.2 Å². The lowest BCUT2D eigenvalue weighted by molar-refractivity contribution is -0.127. The van der Waals surface area contributed by atoms with Crippen LogP contribution in [0.3, 0.4) is 0 Å². The predicted octanol–water partition coefficient (Wildman–Crippen LogP) is 4.21. The van der Waals surface area contributed by atoms with Crippen LogP contribution in [0.15, 0.2) is 47.2 Å². The standard InChI is InChI=1S/C28H25F2N5O4S/c1-4-20(37)33-8-9-34-15(11-33)12-39-25-24(34)16-10-18(30)23(21-17(29)6-5-7-19(21)36)32-26(16)35(27(25)38)28-22(14(2)3)31-13-40-28/h4-7,10,13-15,36H,1,8-9,11-12H2,2-3H3/t15-/m1/s1. The third kappa shape index (κ3) is 3.93. The molecule has 0 aliphatic carbocycles. The number of piperazine rings is 1. The Balaban J connectivity index is 1.65. The number of carbonyl (C=O) groups is 1. The molecule has 1 atom stereocenters.